The molecule has 144 valence electrons. The molecule has 0 aromatic rings. The Bertz CT molecular complexity index is 515. The minimum atomic E-state index is -0.857. The maximum atomic E-state index is 12.7. The van der Waals surface area contributed by atoms with Crippen molar-refractivity contribution in [3.63, 3.8) is 0 Å². The monoisotopic (exact) mass is 373 g/mol. The number of carbonyl (C=O) groups is 3. The lowest BCUT2D eigenvalue weighted by Gasteiger charge is -2.31. The Kier molecular flexibility index (Phi) is 9.21. The van der Waals surface area contributed by atoms with E-state index in [0.717, 1.165) is 0 Å². The number of rotatable bonds is 9. The maximum absolute atomic E-state index is 12.7. The standard InChI is InChI=1S/C17H31N3O4S/c1-10(2)8-12(9-13(21)20(24)11(3)4)15(22)19-14(16(23)18-7)17(5,6)25/h10,12,14,24-25H,3,8-9H2,1-2,4-7H3,(H,18,23)(H,19,22)/t12-,14+/m1/s1. The zero-order valence-corrected chi connectivity index (χ0v) is 16.8. The molecule has 0 aromatic carbocycles. The lowest BCUT2D eigenvalue weighted by molar-refractivity contribution is -0.159. The number of likely N-dealkylation sites (N-methyl/N-ethyl adjacent to an activating group) is 1. The number of amides is 3. The first kappa shape index (κ1) is 23.5. The van der Waals surface area contributed by atoms with Crippen LogP contribution in [0.15, 0.2) is 12.3 Å². The van der Waals surface area contributed by atoms with Gasteiger partial charge in [-0.25, -0.2) is 0 Å². The summed E-state index contributed by atoms with van der Waals surface area (Å²) in [5.41, 5.74) is 0.174. The van der Waals surface area contributed by atoms with Crippen molar-refractivity contribution in [2.45, 2.75) is 58.2 Å². The molecule has 0 unspecified atom stereocenters. The van der Waals surface area contributed by atoms with Crippen molar-refractivity contribution in [2.24, 2.45) is 11.8 Å². The van der Waals surface area contributed by atoms with Gasteiger partial charge in [-0.2, -0.15) is 17.7 Å². The molecule has 0 fully saturated rings. The molecule has 3 N–H and O–H groups in total. The van der Waals surface area contributed by atoms with Crippen LogP contribution in [0, 0.1) is 11.8 Å². The van der Waals surface area contributed by atoms with Gasteiger partial charge in [-0.1, -0.05) is 20.4 Å². The summed E-state index contributed by atoms with van der Waals surface area (Å²) < 4.78 is -0.789. The average Bonchev–Trinajstić information content (AvgIpc) is 2.48. The predicted molar refractivity (Wildman–Crippen MR) is 100 cm³/mol. The molecule has 0 radical (unpaired) electrons. The summed E-state index contributed by atoms with van der Waals surface area (Å²) in [6.45, 7) is 12.3. The summed E-state index contributed by atoms with van der Waals surface area (Å²) >= 11 is 4.38. The van der Waals surface area contributed by atoms with E-state index in [-0.39, 0.29) is 23.9 Å². The van der Waals surface area contributed by atoms with Crippen molar-refractivity contribution in [1.82, 2.24) is 15.7 Å². The molecule has 0 aliphatic heterocycles. The van der Waals surface area contributed by atoms with Gasteiger partial charge in [0.15, 0.2) is 0 Å². The van der Waals surface area contributed by atoms with Crippen LogP contribution >= 0.6 is 12.6 Å². The third-order valence-electron chi connectivity index (χ3n) is 3.65. The van der Waals surface area contributed by atoms with Gasteiger partial charge in [0, 0.05) is 29.8 Å². The van der Waals surface area contributed by atoms with Gasteiger partial charge in [-0.3, -0.25) is 19.6 Å². The highest BCUT2D eigenvalue weighted by Gasteiger charge is 2.35. The first-order valence-electron chi connectivity index (χ1n) is 8.22. The van der Waals surface area contributed by atoms with Crippen molar-refractivity contribution in [1.29, 1.82) is 0 Å². The molecule has 0 heterocycles. The van der Waals surface area contributed by atoms with Crippen molar-refractivity contribution in [3.05, 3.63) is 12.3 Å². The van der Waals surface area contributed by atoms with Crippen LogP contribution in [-0.2, 0) is 14.4 Å². The van der Waals surface area contributed by atoms with E-state index in [0.29, 0.717) is 11.5 Å². The van der Waals surface area contributed by atoms with E-state index in [4.69, 9.17) is 0 Å². The Hall–Kier alpha value is -1.54. The third-order valence-corrected chi connectivity index (χ3v) is 3.91. The van der Waals surface area contributed by atoms with Gasteiger partial charge in [0.1, 0.15) is 6.04 Å². The van der Waals surface area contributed by atoms with Crippen LogP contribution < -0.4 is 10.6 Å². The number of hydrogen-bond donors (Lipinski definition) is 4. The van der Waals surface area contributed by atoms with E-state index in [1.165, 1.54) is 14.0 Å². The molecule has 0 spiro atoms. The highest BCUT2D eigenvalue weighted by atomic mass is 32.1. The van der Waals surface area contributed by atoms with Gasteiger partial charge in [0.25, 0.3) is 5.91 Å². The topological polar surface area (TPSA) is 98.7 Å². The van der Waals surface area contributed by atoms with Crippen LogP contribution in [0.2, 0.25) is 0 Å². The number of hydrogen-bond acceptors (Lipinski definition) is 5. The fourth-order valence-electron chi connectivity index (χ4n) is 2.33. The number of nitrogens with one attached hydrogen (secondary N) is 2. The van der Waals surface area contributed by atoms with Gasteiger partial charge in [0.05, 0.1) is 0 Å². The van der Waals surface area contributed by atoms with Gasteiger partial charge in [-0.05, 0) is 33.1 Å². The fourth-order valence-corrected chi connectivity index (χ4v) is 2.51. The minimum absolute atomic E-state index is 0.156. The summed E-state index contributed by atoms with van der Waals surface area (Å²) in [6, 6.07) is -0.857. The Morgan fingerprint density at radius 2 is 1.76 bits per heavy atom. The van der Waals surface area contributed by atoms with E-state index < -0.39 is 28.5 Å². The van der Waals surface area contributed by atoms with Crippen molar-refractivity contribution < 1.29 is 19.6 Å². The molecule has 0 saturated heterocycles. The quantitative estimate of drug-likeness (QED) is 0.281. The lowest BCUT2D eigenvalue weighted by atomic mass is 9.91. The van der Waals surface area contributed by atoms with Crippen LogP contribution in [0.1, 0.15) is 47.5 Å². The van der Waals surface area contributed by atoms with Gasteiger partial charge >= 0.3 is 0 Å². The molecular formula is C17H31N3O4S. The normalized spacial score (nSPS) is 13.8. The summed E-state index contributed by atoms with van der Waals surface area (Å²) in [5, 5.41) is 15.3. The lowest BCUT2D eigenvalue weighted by Crippen LogP contribution is -2.56. The SMILES string of the molecule is C=C(C)N(O)C(=O)C[C@@H](CC(C)C)C(=O)N[C@@H](C(=O)NC)C(C)(C)S. The third kappa shape index (κ3) is 7.92. The number of allylic oxidation sites excluding steroid dienone is 1. The Labute approximate surface area is 155 Å². The maximum Gasteiger partial charge on any atom is 0.251 e. The highest BCUT2D eigenvalue weighted by molar-refractivity contribution is 7.81. The molecule has 25 heavy (non-hydrogen) atoms. The van der Waals surface area contributed by atoms with Gasteiger partial charge in [-0.15, -0.1) is 0 Å². The highest BCUT2D eigenvalue weighted by Crippen LogP contribution is 2.22. The van der Waals surface area contributed by atoms with Crippen LogP contribution in [0.25, 0.3) is 0 Å². The average molecular weight is 374 g/mol. The van der Waals surface area contributed by atoms with Gasteiger partial charge < -0.3 is 10.6 Å². The van der Waals surface area contributed by atoms with E-state index in [1.807, 2.05) is 13.8 Å². The smallest absolute Gasteiger partial charge is 0.251 e. The van der Waals surface area contributed by atoms with Crippen LogP contribution in [0.4, 0.5) is 0 Å². The molecule has 0 saturated carbocycles. The Morgan fingerprint density at radius 1 is 1.24 bits per heavy atom. The molecule has 0 aliphatic carbocycles. The molecule has 0 rings (SSSR count). The van der Waals surface area contributed by atoms with Crippen molar-refractivity contribution in [2.75, 3.05) is 7.05 Å². The molecule has 3 amide bonds. The second-order valence-electron chi connectivity index (χ2n) is 7.18. The molecule has 2 atom stereocenters. The van der Waals surface area contributed by atoms with E-state index in [1.54, 1.807) is 13.8 Å². The van der Waals surface area contributed by atoms with Crippen molar-refractivity contribution >= 4 is 30.4 Å². The number of hydroxylamine groups is 2. The van der Waals surface area contributed by atoms with E-state index in [2.05, 4.69) is 29.8 Å². The van der Waals surface area contributed by atoms with E-state index in [9.17, 15) is 19.6 Å². The first-order chi connectivity index (χ1) is 11.3. The summed E-state index contributed by atoms with van der Waals surface area (Å²) in [5.74, 6) is -1.93. The second kappa shape index (κ2) is 9.82. The number of nitrogens with zero attached hydrogens (tertiary/aromatic N) is 1. The minimum Gasteiger partial charge on any atom is -0.357 e. The fraction of sp³-hybridized carbons (Fsp3) is 0.706. The summed E-state index contributed by atoms with van der Waals surface area (Å²) in [4.78, 5) is 36.8. The molecular weight excluding hydrogens is 342 g/mol. The van der Waals surface area contributed by atoms with Gasteiger partial charge in [0.2, 0.25) is 11.8 Å². The molecule has 0 bridgehead atoms. The molecule has 0 aliphatic rings. The van der Waals surface area contributed by atoms with Crippen LogP contribution in [0.5, 0.6) is 0 Å². The Balaban J connectivity index is 5.31. The van der Waals surface area contributed by atoms with Crippen LogP contribution in [-0.4, -0.2) is 45.8 Å². The van der Waals surface area contributed by atoms with E-state index >= 15 is 0 Å². The zero-order valence-electron chi connectivity index (χ0n) is 15.9. The number of thiol groups is 1. The largest absolute Gasteiger partial charge is 0.357 e. The molecule has 7 nitrogen and oxygen atoms in total. The van der Waals surface area contributed by atoms with Crippen molar-refractivity contribution in [3.8, 4) is 0 Å². The molecule has 0 aromatic heterocycles. The number of carbonyl (C=O) groups excluding carboxylic acids is 3. The van der Waals surface area contributed by atoms with Crippen LogP contribution in [0.3, 0.4) is 0 Å². The summed E-state index contributed by atoms with van der Waals surface area (Å²) in [6.07, 6.45) is 0.260. The predicted octanol–water partition coefficient (Wildman–Crippen LogP) is 1.73. The summed E-state index contributed by atoms with van der Waals surface area (Å²) in [7, 11) is 1.48. The first-order valence-corrected chi connectivity index (χ1v) is 8.67. The Morgan fingerprint density at radius 3 is 2.12 bits per heavy atom. The second-order valence-corrected chi connectivity index (χ2v) is 8.33. The zero-order chi connectivity index (χ0) is 19.9. The molecule has 8 heteroatoms.